The van der Waals surface area contributed by atoms with Gasteiger partial charge in [0.05, 0.1) is 4.90 Å². The van der Waals surface area contributed by atoms with Crippen molar-refractivity contribution in [2.24, 2.45) is 0 Å². The van der Waals surface area contributed by atoms with Crippen LogP contribution in [0.1, 0.15) is 43.7 Å². The number of nitrogens with zero attached hydrogens (tertiary/aromatic N) is 1. The van der Waals surface area contributed by atoms with Crippen molar-refractivity contribution in [3.8, 4) is 5.75 Å². The van der Waals surface area contributed by atoms with Gasteiger partial charge in [-0.3, -0.25) is 0 Å². The lowest BCUT2D eigenvalue weighted by Crippen LogP contribution is -2.47. The molecule has 1 aliphatic heterocycles. The number of rotatable bonds is 9. The molecule has 170 valence electrons. The number of sulfonamides is 1. The van der Waals surface area contributed by atoms with E-state index in [4.69, 9.17) is 4.74 Å². The van der Waals surface area contributed by atoms with Crippen molar-refractivity contribution in [1.82, 2.24) is 9.62 Å². The highest BCUT2D eigenvalue weighted by molar-refractivity contribution is 7.89. The molecule has 1 aliphatic rings. The Morgan fingerprint density at radius 2 is 1.81 bits per heavy atom. The Kier molecular flexibility index (Phi) is 8.11. The van der Waals surface area contributed by atoms with Crippen LogP contribution in [0, 0.1) is 6.92 Å². The lowest BCUT2D eigenvalue weighted by atomic mass is 10.0. The largest absolute Gasteiger partial charge is 0.491 e. The van der Waals surface area contributed by atoms with Crippen molar-refractivity contribution in [1.29, 1.82) is 0 Å². The quantitative estimate of drug-likeness (QED) is 0.618. The Labute approximate surface area is 186 Å². The number of nitrogens with one attached hydrogen (secondary N) is 1. The van der Waals surface area contributed by atoms with Gasteiger partial charge in [0.15, 0.2) is 0 Å². The van der Waals surface area contributed by atoms with Crippen LogP contribution in [0.2, 0.25) is 0 Å². The van der Waals surface area contributed by atoms with Gasteiger partial charge < -0.3 is 14.7 Å². The van der Waals surface area contributed by atoms with Crippen LogP contribution in [-0.4, -0.2) is 56.8 Å². The summed E-state index contributed by atoms with van der Waals surface area (Å²) in [6.45, 7) is 8.52. The van der Waals surface area contributed by atoms with Gasteiger partial charge >= 0.3 is 0 Å². The monoisotopic (exact) mass is 446 g/mol. The van der Waals surface area contributed by atoms with E-state index in [1.54, 1.807) is 30.3 Å². The van der Waals surface area contributed by atoms with E-state index in [-0.39, 0.29) is 12.6 Å². The summed E-state index contributed by atoms with van der Waals surface area (Å²) < 4.78 is 33.8. The van der Waals surface area contributed by atoms with Crippen molar-refractivity contribution in [3.63, 3.8) is 0 Å². The average Bonchev–Trinajstić information content (AvgIpc) is 2.74. The zero-order valence-electron chi connectivity index (χ0n) is 18.6. The Balaban J connectivity index is 1.45. The van der Waals surface area contributed by atoms with Crippen LogP contribution < -0.4 is 9.46 Å². The molecule has 0 spiro atoms. The summed E-state index contributed by atoms with van der Waals surface area (Å²) in [6.07, 6.45) is 0.836. The summed E-state index contributed by atoms with van der Waals surface area (Å²) in [4.78, 5) is 2.46. The van der Waals surface area contributed by atoms with E-state index in [0.29, 0.717) is 17.4 Å². The van der Waals surface area contributed by atoms with Gasteiger partial charge in [0.2, 0.25) is 10.0 Å². The molecule has 0 bridgehead atoms. The van der Waals surface area contributed by atoms with E-state index in [9.17, 15) is 13.5 Å². The molecule has 3 rings (SSSR count). The SMILES string of the molecule is Cc1ccc(C(C)C)c(OCC(O)CN2CCC(NS(=O)(=O)c3ccccc3)CC2)c1. The Morgan fingerprint density at radius 1 is 1.13 bits per heavy atom. The third kappa shape index (κ3) is 6.77. The van der Waals surface area contributed by atoms with Crippen molar-refractivity contribution in [2.75, 3.05) is 26.2 Å². The minimum atomic E-state index is -3.49. The number of aliphatic hydroxyl groups is 1. The van der Waals surface area contributed by atoms with Gasteiger partial charge in [-0.15, -0.1) is 0 Å². The highest BCUT2D eigenvalue weighted by Crippen LogP contribution is 2.27. The number of piperidine rings is 1. The number of ether oxygens (including phenoxy) is 1. The standard InChI is InChI=1S/C24H34N2O4S/c1-18(2)23-10-9-19(3)15-24(23)30-17-21(27)16-26-13-11-20(12-14-26)25-31(28,29)22-7-5-4-6-8-22/h4-10,15,18,20-21,25,27H,11-14,16-17H2,1-3H3. The lowest BCUT2D eigenvalue weighted by Gasteiger charge is -2.33. The van der Waals surface area contributed by atoms with Gasteiger partial charge in [-0.05, 0) is 68.1 Å². The molecule has 0 aliphatic carbocycles. The molecule has 1 saturated heterocycles. The minimum Gasteiger partial charge on any atom is -0.491 e. The van der Waals surface area contributed by atoms with Crippen molar-refractivity contribution in [2.45, 2.75) is 56.6 Å². The molecule has 2 aromatic rings. The van der Waals surface area contributed by atoms with Crippen LogP contribution in [0.3, 0.4) is 0 Å². The lowest BCUT2D eigenvalue weighted by molar-refractivity contribution is 0.0586. The first-order chi connectivity index (χ1) is 14.7. The molecule has 0 amide bonds. The summed E-state index contributed by atoms with van der Waals surface area (Å²) in [7, 11) is -3.49. The molecule has 0 aromatic heterocycles. The Hall–Kier alpha value is -1.93. The number of hydrogen-bond donors (Lipinski definition) is 2. The van der Waals surface area contributed by atoms with Crippen molar-refractivity contribution in [3.05, 3.63) is 59.7 Å². The van der Waals surface area contributed by atoms with Gasteiger partial charge in [0.1, 0.15) is 18.5 Å². The number of aryl methyl sites for hydroxylation is 1. The fourth-order valence-electron chi connectivity index (χ4n) is 3.90. The second kappa shape index (κ2) is 10.6. The maximum Gasteiger partial charge on any atom is 0.240 e. The summed E-state index contributed by atoms with van der Waals surface area (Å²) >= 11 is 0. The summed E-state index contributed by atoms with van der Waals surface area (Å²) in [6, 6.07) is 14.6. The molecule has 1 heterocycles. The van der Waals surface area contributed by atoms with Crippen molar-refractivity contribution < 1.29 is 18.3 Å². The third-order valence-corrected chi connectivity index (χ3v) is 7.19. The van der Waals surface area contributed by atoms with E-state index in [1.807, 2.05) is 13.0 Å². The Bertz CT molecular complexity index is 939. The van der Waals surface area contributed by atoms with Gasteiger partial charge in [-0.25, -0.2) is 13.1 Å². The van der Waals surface area contributed by atoms with E-state index in [2.05, 4.69) is 35.6 Å². The smallest absolute Gasteiger partial charge is 0.240 e. The van der Waals surface area contributed by atoms with Gasteiger partial charge in [0.25, 0.3) is 0 Å². The molecule has 1 fully saturated rings. The second-order valence-corrected chi connectivity index (χ2v) is 10.4. The van der Waals surface area contributed by atoms with Crippen LogP contribution in [0.15, 0.2) is 53.4 Å². The first kappa shape index (κ1) is 23.7. The van der Waals surface area contributed by atoms with Gasteiger partial charge in [-0.2, -0.15) is 0 Å². The van der Waals surface area contributed by atoms with Crippen LogP contribution >= 0.6 is 0 Å². The summed E-state index contributed by atoms with van der Waals surface area (Å²) in [5, 5.41) is 10.5. The zero-order valence-corrected chi connectivity index (χ0v) is 19.4. The number of benzene rings is 2. The molecule has 7 heteroatoms. The third-order valence-electron chi connectivity index (χ3n) is 5.65. The van der Waals surface area contributed by atoms with E-state index >= 15 is 0 Å². The molecule has 0 saturated carbocycles. The van der Waals surface area contributed by atoms with Crippen LogP contribution in [0.4, 0.5) is 0 Å². The summed E-state index contributed by atoms with van der Waals surface area (Å²) in [5.41, 5.74) is 2.28. The number of aliphatic hydroxyl groups excluding tert-OH is 1. The summed E-state index contributed by atoms with van der Waals surface area (Å²) in [5.74, 6) is 1.19. The van der Waals surface area contributed by atoms with E-state index in [1.165, 1.54) is 0 Å². The maximum atomic E-state index is 12.5. The fraction of sp³-hybridized carbons (Fsp3) is 0.500. The molecule has 31 heavy (non-hydrogen) atoms. The predicted molar refractivity (Wildman–Crippen MR) is 123 cm³/mol. The van der Waals surface area contributed by atoms with Gasteiger partial charge in [0, 0.05) is 12.6 Å². The average molecular weight is 447 g/mol. The molecule has 2 N–H and O–H groups in total. The molecule has 0 radical (unpaired) electrons. The fourth-order valence-corrected chi connectivity index (χ4v) is 5.23. The second-order valence-electron chi connectivity index (χ2n) is 8.67. The van der Waals surface area contributed by atoms with E-state index < -0.39 is 16.1 Å². The van der Waals surface area contributed by atoms with Crippen LogP contribution in [0.5, 0.6) is 5.75 Å². The topological polar surface area (TPSA) is 78.9 Å². The molecule has 1 atom stereocenters. The first-order valence-corrected chi connectivity index (χ1v) is 12.4. The highest BCUT2D eigenvalue weighted by atomic mass is 32.2. The molecular weight excluding hydrogens is 412 g/mol. The minimum absolute atomic E-state index is 0.0873. The number of β-amino-alcohol motifs (C(OH)–C–C–N with tert-alkyl or cyclic N) is 1. The van der Waals surface area contributed by atoms with Crippen LogP contribution in [0.25, 0.3) is 0 Å². The molecule has 2 aromatic carbocycles. The molecular formula is C24H34N2O4S. The highest BCUT2D eigenvalue weighted by Gasteiger charge is 2.25. The zero-order chi connectivity index (χ0) is 22.4. The van der Waals surface area contributed by atoms with Crippen molar-refractivity contribution >= 4 is 10.0 Å². The normalized spacial score (nSPS) is 17.1. The first-order valence-electron chi connectivity index (χ1n) is 11.0. The molecule has 6 nitrogen and oxygen atoms in total. The van der Waals surface area contributed by atoms with Gasteiger partial charge in [-0.1, -0.05) is 44.2 Å². The maximum absolute atomic E-state index is 12.5. The predicted octanol–water partition coefficient (Wildman–Crippen LogP) is 3.30. The van der Waals surface area contributed by atoms with Crippen LogP contribution in [-0.2, 0) is 10.0 Å². The Morgan fingerprint density at radius 3 is 2.45 bits per heavy atom. The molecule has 1 unspecified atom stereocenters. The van der Waals surface area contributed by atoms with E-state index in [0.717, 1.165) is 42.8 Å². The number of likely N-dealkylation sites (tertiary alicyclic amines) is 1. The number of hydrogen-bond acceptors (Lipinski definition) is 5.